The van der Waals surface area contributed by atoms with Crippen molar-refractivity contribution in [2.75, 3.05) is 18.4 Å². The second-order valence-corrected chi connectivity index (χ2v) is 11.7. The summed E-state index contributed by atoms with van der Waals surface area (Å²) in [5, 5.41) is 4.08. The van der Waals surface area contributed by atoms with E-state index in [0.717, 1.165) is 5.56 Å². The lowest BCUT2D eigenvalue weighted by Gasteiger charge is -2.39. The first kappa shape index (κ1) is 26.6. The van der Waals surface area contributed by atoms with Gasteiger partial charge in [-0.1, -0.05) is 42.5 Å². The smallest absolute Gasteiger partial charge is 0.410 e. The van der Waals surface area contributed by atoms with Crippen molar-refractivity contribution in [1.82, 2.24) is 9.62 Å². The van der Waals surface area contributed by atoms with Gasteiger partial charge >= 0.3 is 6.09 Å². The average Bonchev–Trinajstić information content (AvgIpc) is 2.83. The topological polar surface area (TPSA) is 105 Å². The minimum atomic E-state index is -3.90. The van der Waals surface area contributed by atoms with Crippen LogP contribution in [0, 0.1) is 6.92 Å². The summed E-state index contributed by atoms with van der Waals surface area (Å²) in [6.45, 7) is 8.11. The van der Waals surface area contributed by atoms with E-state index in [1.165, 1.54) is 6.07 Å². The van der Waals surface area contributed by atoms with Crippen molar-refractivity contribution >= 4 is 38.5 Å². The Morgan fingerprint density at radius 1 is 0.946 bits per heavy atom. The van der Waals surface area contributed by atoms with Crippen LogP contribution in [-0.4, -0.2) is 50.1 Å². The van der Waals surface area contributed by atoms with Gasteiger partial charge in [0.05, 0.1) is 11.0 Å². The van der Waals surface area contributed by atoms with E-state index in [1.807, 2.05) is 32.0 Å². The molecule has 37 heavy (non-hydrogen) atoms. The van der Waals surface area contributed by atoms with E-state index in [0.29, 0.717) is 48.0 Å². The molecule has 0 saturated carbocycles. The third kappa shape index (κ3) is 5.94. The molecule has 0 bridgehead atoms. The molecule has 0 spiro atoms. The second-order valence-electron chi connectivity index (χ2n) is 10.0. The molecular formula is C28H33N3O5S. The number of ether oxygens (including phenoxy) is 1. The number of likely N-dealkylation sites (tertiary alicyclic amines) is 1. The quantitative estimate of drug-likeness (QED) is 0.469. The number of rotatable bonds is 6. The summed E-state index contributed by atoms with van der Waals surface area (Å²) in [5.41, 5.74) is 1.23. The SMILES string of the molecule is Cc1ccccc1C(=O)Nc1ccc(S(=O)(=O)NC2(C)CCN(C(=O)OC(C)C)CC2)c2ccccc12. The predicted octanol–water partition coefficient (Wildman–Crippen LogP) is 5.08. The van der Waals surface area contributed by atoms with E-state index >= 15 is 0 Å². The summed E-state index contributed by atoms with van der Waals surface area (Å²) in [4.78, 5) is 26.9. The van der Waals surface area contributed by atoms with Gasteiger partial charge in [-0.25, -0.2) is 17.9 Å². The van der Waals surface area contributed by atoms with Crippen molar-refractivity contribution < 1.29 is 22.7 Å². The average molecular weight is 524 g/mol. The molecule has 3 aromatic carbocycles. The zero-order valence-corrected chi connectivity index (χ0v) is 22.4. The maximum absolute atomic E-state index is 13.6. The van der Waals surface area contributed by atoms with Crippen molar-refractivity contribution in [3.05, 3.63) is 71.8 Å². The Kier molecular flexibility index (Phi) is 7.57. The van der Waals surface area contributed by atoms with E-state index < -0.39 is 15.6 Å². The van der Waals surface area contributed by atoms with Crippen LogP contribution in [0.1, 0.15) is 49.5 Å². The number of fused-ring (bicyclic) bond motifs is 1. The molecule has 1 aliphatic heterocycles. The minimum Gasteiger partial charge on any atom is -0.447 e. The fourth-order valence-corrected chi connectivity index (χ4v) is 6.25. The number of nitrogens with one attached hydrogen (secondary N) is 2. The highest BCUT2D eigenvalue weighted by Crippen LogP contribution is 2.32. The van der Waals surface area contributed by atoms with Gasteiger partial charge in [0.25, 0.3) is 5.91 Å². The highest BCUT2D eigenvalue weighted by atomic mass is 32.2. The van der Waals surface area contributed by atoms with Gasteiger partial charge in [-0.05, 0) is 64.3 Å². The molecule has 1 aliphatic rings. The first-order chi connectivity index (χ1) is 17.5. The number of piperidine rings is 1. The molecule has 0 aliphatic carbocycles. The van der Waals surface area contributed by atoms with Gasteiger partial charge < -0.3 is 15.0 Å². The van der Waals surface area contributed by atoms with Gasteiger partial charge in [0, 0.05) is 40.7 Å². The highest BCUT2D eigenvalue weighted by Gasteiger charge is 2.36. The van der Waals surface area contributed by atoms with Crippen LogP contribution in [0.15, 0.2) is 65.6 Å². The molecule has 1 saturated heterocycles. The molecule has 0 atom stereocenters. The van der Waals surface area contributed by atoms with Crippen LogP contribution in [0.3, 0.4) is 0 Å². The lowest BCUT2D eigenvalue weighted by atomic mass is 9.91. The molecule has 2 amide bonds. The van der Waals surface area contributed by atoms with Crippen molar-refractivity contribution in [3.63, 3.8) is 0 Å². The van der Waals surface area contributed by atoms with Crippen LogP contribution in [-0.2, 0) is 14.8 Å². The lowest BCUT2D eigenvalue weighted by Crippen LogP contribution is -2.54. The fourth-order valence-electron chi connectivity index (χ4n) is 4.57. The highest BCUT2D eigenvalue weighted by molar-refractivity contribution is 7.89. The van der Waals surface area contributed by atoms with Crippen LogP contribution in [0.4, 0.5) is 10.5 Å². The van der Waals surface area contributed by atoms with E-state index in [4.69, 9.17) is 4.74 Å². The molecule has 4 rings (SSSR count). The lowest BCUT2D eigenvalue weighted by molar-refractivity contribution is 0.0624. The molecular weight excluding hydrogens is 490 g/mol. The Morgan fingerprint density at radius 2 is 1.57 bits per heavy atom. The van der Waals surface area contributed by atoms with Gasteiger partial charge in [-0.3, -0.25) is 4.79 Å². The summed E-state index contributed by atoms with van der Waals surface area (Å²) in [7, 11) is -3.90. The number of nitrogens with zero attached hydrogens (tertiary/aromatic N) is 1. The van der Waals surface area contributed by atoms with Gasteiger partial charge in [0.1, 0.15) is 0 Å². The summed E-state index contributed by atoms with van der Waals surface area (Å²) in [5.74, 6) is -0.257. The second kappa shape index (κ2) is 10.5. The number of benzene rings is 3. The maximum Gasteiger partial charge on any atom is 0.410 e. The van der Waals surface area contributed by atoms with E-state index in [2.05, 4.69) is 10.0 Å². The number of sulfonamides is 1. The summed E-state index contributed by atoms with van der Waals surface area (Å²) in [6.07, 6.45) is 0.329. The molecule has 0 radical (unpaired) electrons. The maximum atomic E-state index is 13.6. The molecule has 3 aromatic rings. The predicted molar refractivity (Wildman–Crippen MR) is 144 cm³/mol. The largest absolute Gasteiger partial charge is 0.447 e. The van der Waals surface area contributed by atoms with Gasteiger partial charge in [-0.2, -0.15) is 0 Å². The van der Waals surface area contributed by atoms with Crippen molar-refractivity contribution in [2.45, 2.75) is 57.1 Å². The third-order valence-electron chi connectivity index (χ3n) is 6.65. The molecule has 2 N–H and O–H groups in total. The van der Waals surface area contributed by atoms with Crippen LogP contribution in [0.25, 0.3) is 10.8 Å². The van der Waals surface area contributed by atoms with E-state index in [-0.39, 0.29) is 23.0 Å². The number of carbonyl (C=O) groups excluding carboxylic acids is 2. The number of hydrogen-bond donors (Lipinski definition) is 2. The monoisotopic (exact) mass is 523 g/mol. The number of hydrogen-bond acceptors (Lipinski definition) is 5. The molecule has 1 fully saturated rings. The molecule has 1 heterocycles. The van der Waals surface area contributed by atoms with Crippen LogP contribution < -0.4 is 10.0 Å². The fraction of sp³-hybridized carbons (Fsp3) is 0.357. The third-order valence-corrected chi connectivity index (χ3v) is 8.35. The van der Waals surface area contributed by atoms with Crippen LogP contribution in [0.5, 0.6) is 0 Å². The molecule has 8 nitrogen and oxygen atoms in total. The number of aryl methyl sites for hydroxylation is 1. The Morgan fingerprint density at radius 3 is 2.22 bits per heavy atom. The Balaban J connectivity index is 1.56. The van der Waals surface area contributed by atoms with Crippen molar-refractivity contribution in [1.29, 1.82) is 0 Å². The van der Waals surface area contributed by atoms with Gasteiger partial charge in [0.2, 0.25) is 10.0 Å². The van der Waals surface area contributed by atoms with Crippen molar-refractivity contribution in [2.24, 2.45) is 0 Å². The molecule has 0 unspecified atom stereocenters. The Hall–Kier alpha value is -3.43. The zero-order chi connectivity index (χ0) is 26.8. The van der Waals surface area contributed by atoms with Crippen LogP contribution in [0.2, 0.25) is 0 Å². The number of carbonyl (C=O) groups is 2. The summed E-state index contributed by atoms with van der Waals surface area (Å²) >= 11 is 0. The van der Waals surface area contributed by atoms with Crippen molar-refractivity contribution in [3.8, 4) is 0 Å². The number of anilines is 1. The summed E-state index contributed by atoms with van der Waals surface area (Å²) in [6, 6.07) is 17.6. The first-order valence-electron chi connectivity index (χ1n) is 12.4. The Bertz CT molecular complexity index is 1430. The number of amides is 2. The minimum absolute atomic E-state index is 0.139. The van der Waals surface area contributed by atoms with E-state index in [9.17, 15) is 18.0 Å². The summed E-state index contributed by atoms with van der Waals surface area (Å²) < 4.78 is 35.3. The van der Waals surface area contributed by atoms with Gasteiger partial charge in [0.15, 0.2) is 0 Å². The van der Waals surface area contributed by atoms with Crippen LogP contribution >= 0.6 is 0 Å². The molecule has 196 valence electrons. The first-order valence-corrected chi connectivity index (χ1v) is 13.9. The zero-order valence-electron chi connectivity index (χ0n) is 21.6. The molecule has 9 heteroatoms. The molecule has 0 aromatic heterocycles. The standard InChI is InChI=1S/C28H33N3O5S/c1-19(2)36-27(33)31-17-15-28(4,16-18-31)30-37(34,35)25-14-13-24(22-11-7-8-12-23(22)25)29-26(32)21-10-6-5-9-20(21)3/h5-14,19,30H,15-18H2,1-4H3,(H,29,32). The Labute approximate surface area is 218 Å². The normalized spacial score (nSPS) is 15.5. The van der Waals surface area contributed by atoms with Gasteiger partial charge in [-0.15, -0.1) is 0 Å². The van der Waals surface area contributed by atoms with E-state index in [1.54, 1.807) is 55.1 Å².